The van der Waals surface area contributed by atoms with Gasteiger partial charge in [0, 0.05) is 11.6 Å². The summed E-state index contributed by atoms with van der Waals surface area (Å²) in [4.78, 5) is 23.6. The van der Waals surface area contributed by atoms with Crippen molar-refractivity contribution in [2.45, 2.75) is 26.3 Å². The topological polar surface area (TPSA) is 61.2 Å². The van der Waals surface area contributed by atoms with Crippen molar-refractivity contribution in [3.05, 3.63) is 51.8 Å². The maximum Gasteiger partial charge on any atom is 0.327 e. The Kier molecular flexibility index (Phi) is 3.56. The smallest absolute Gasteiger partial charge is 0.327 e. The lowest BCUT2D eigenvalue weighted by Crippen LogP contribution is -2.29. The average molecular weight is 284 g/mol. The van der Waals surface area contributed by atoms with Crippen LogP contribution in [0, 0.1) is 0 Å². The number of hydrogen-bond acceptors (Lipinski definition) is 4. The van der Waals surface area contributed by atoms with E-state index in [1.807, 2.05) is 18.2 Å². The molecule has 0 amide bonds. The second-order valence-electron chi connectivity index (χ2n) is 4.98. The first kappa shape index (κ1) is 13.5. The monoisotopic (exact) mass is 284 g/mol. The minimum atomic E-state index is -0.448. The predicted octanol–water partition coefficient (Wildman–Crippen LogP) is 1.57. The van der Waals surface area contributed by atoms with Gasteiger partial charge in [-0.3, -0.25) is 9.59 Å². The molecule has 0 fully saturated rings. The molecule has 0 spiro atoms. The highest BCUT2D eigenvalue weighted by atomic mass is 16.5. The van der Waals surface area contributed by atoms with Gasteiger partial charge in [0.25, 0.3) is 5.56 Å². The number of rotatable bonds is 3. The van der Waals surface area contributed by atoms with Crippen LogP contribution in [0.15, 0.2) is 35.1 Å². The van der Waals surface area contributed by atoms with Crippen LogP contribution in [0.5, 0.6) is 0 Å². The summed E-state index contributed by atoms with van der Waals surface area (Å²) in [6.07, 6.45) is 1.71. The Morgan fingerprint density at radius 3 is 2.86 bits per heavy atom. The predicted molar refractivity (Wildman–Crippen MR) is 78.0 cm³/mol. The molecule has 2 aromatic rings. The molecule has 0 bridgehead atoms. The molecule has 0 aliphatic heterocycles. The lowest BCUT2D eigenvalue weighted by atomic mass is 9.90. The van der Waals surface area contributed by atoms with Gasteiger partial charge >= 0.3 is 5.97 Å². The summed E-state index contributed by atoms with van der Waals surface area (Å²) >= 11 is 0. The highest BCUT2D eigenvalue weighted by Crippen LogP contribution is 2.30. The maximum atomic E-state index is 12.0. The fourth-order valence-corrected chi connectivity index (χ4v) is 2.62. The molecular weight excluding hydrogens is 268 g/mol. The van der Waals surface area contributed by atoms with Gasteiger partial charge in [-0.25, -0.2) is 4.68 Å². The number of fused-ring (bicyclic) bond motifs is 3. The van der Waals surface area contributed by atoms with Gasteiger partial charge < -0.3 is 4.74 Å². The Morgan fingerprint density at radius 1 is 1.29 bits per heavy atom. The summed E-state index contributed by atoms with van der Waals surface area (Å²) < 4.78 is 6.06. The van der Waals surface area contributed by atoms with Crippen LogP contribution in [0.2, 0.25) is 0 Å². The van der Waals surface area contributed by atoms with Crippen molar-refractivity contribution in [3.8, 4) is 11.3 Å². The molecule has 21 heavy (non-hydrogen) atoms. The maximum absolute atomic E-state index is 12.0. The number of hydrogen-bond donors (Lipinski definition) is 0. The molecule has 0 saturated heterocycles. The number of carbonyl (C=O) groups is 1. The van der Waals surface area contributed by atoms with Crippen LogP contribution in [0.4, 0.5) is 0 Å². The summed E-state index contributed by atoms with van der Waals surface area (Å²) in [5.74, 6) is -0.448. The van der Waals surface area contributed by atoms with Gasteiger partial charge in [-0.15, -0.1) is 0 Å². The van der Waals surface area contributed by atoms with Gasteiger partial charge in [0.2, 0.25) is 0 Å². The molecule has 0 atom stereocenters. The zero-order chi connectivity index (χ0) is 14.8. The van der Waals surface area contributed by atoms with Gasteiger partial charge in [-0.05, 0) is 30.9 Å². The summed E-state index contributed by atoms with van der Waals surface area (Å²) in [6, 6.07) is 9.60. The van der Waals surface area contributed by atoms with E-state index >= 15 is 0 Å². The van der Waals surface area contributed by atoms with Gasteiger partial charge in [-0.2, -0.15) is 5.10 Å². The zero-order valence-corrected chi connectivity index (χ0v) is 11.8. The molecule has 1 aliphatic rings. The molecule has 0 radical (unpaired) electrons. The Labute approximate surface area is 122 Å². The van der Waals surface area contributed by atoms with E-state index in [1.54, 1.807) is 13.0 Å². The molecular formula is C16H16N2O3. The Balaban J connectivity index is 2.04. The minimum Gasteiger partial charge on any atom is -0.465 e. The molecule has 0 saturated carbocycles. The van der Waals surface area contributed by atoms with E-state index in [0.717, 1.165) is 29.7 Å². The number of benzene rings is 1. The fraction of sp³-hybridized carbons (Fsp3) is 0.312. The minimum absolute atomic E-state index is 0.151. The number of ether oxygens (including phenoxy) is 1. The van der Waals surface area contributed by atoms with Crippen LogP contribution in [-0.2, 0) is 28.9 Å². The normalized spacial score (nSPS) is 12.4. The first-order chi connectivity index (χ1) is 10.2. The SMILES string of the molecule is CCOC(=O)Cn1nc2c(cc1=O)CCc1ccccc1-2. The van der Waals surface area contributed by atoms with Gasteiger partial charge in [0.1, 0.15) is 6.54 Å². The van der Waals surface area contributed by atoms with Crippen molar-refractivity contribution in [1.29, 1.82) is 0 Å². The molecule has 1 aromatic heterocycles. The first-order valence-electron chi connectivity index (χ1n) is 7.04. The molecule has 5 heteroatoms. The van der Waals surface area contributed by atoms with Gasteiger partial charge in [0.05, 0.1) is 12.3 Å². The third kappa shape index (κ3) is 2.59. The van der Waals surface area contributed by atoms with E-state index in [0.29, 0.717) is 6.61 Å². The molecule has 5 nitrogen and oxygen atoms in total. The molecule has 0 N–H and O–H groups in total. The lowest BCUT2D eigenvalue weighted by Gasteiger charge is -2.19. The van der Waals surface area contributed by atoms with E-state index in [2.05, 4.69) is 11.2 Å². The van der Waals surface area contributed by atoms with Crippen LogP contribution < -0.4 is 5.56 Å². The molecule has 1 aromatic carbocycles. The first-order valence-corrected chi connectivity index (χ1v) is 7.04. The summed E-state index contributed by atoms with van der Waals surface area (Å²) in [7, 11) is 0. The van der Waals surface area contributed by atoms with E-state index in [1.165, 1.54) is 10.2 Å². The number of carbonyl (C=O) groups excluding carboxylic acids is 1. The van der Waals surface area contributed by atoms with Crippen LogP contribution in [0.3, 0.4) is 0 Å². The number of nitrogens with zero attached hydrogens (tertiary/aromatic N) is 2. The lowest BCUT2D eigenvalue weighted by molar-refractivity contribution is -0.144. The van der Waals surface area contributed by atoms with E-state index < -0.39 is 5.97 Å². The molecule has 1 aliphatic carbocycles. The Morgan fingerprint density at radius 2 is 2.05 bits per heavy atom. The third-order valence-corrected chi connectivity index (χ3v) is 3.60. The van der Waals surface area contributed by atoms with Crippen LogP contribution >= 0.6 is 0 Å². The van der Waals surface area contributed by atoms with Crippen LogP contribution in [-0.4, -0.2) is 22.4 Å². The average Bonchev–Trinajstić information content (AvgIpc) is 2.48. The third-order valence-electron chi connectivity index (χ3n) is 3.60. The fourth-order valence-electron chi connectivity index (χ4n) is 2.62. The van der Waals surface area contributed by atoms with Crippen LogP contribution in [0.1, 0.15) is 18.1 Å². The summed E-state index contributed by atoms with van der Waals surface area (Å²) in [5, 5.41) is 4.38. The van der Waals surface area contributed by atoms with Crippen molar-refractivity contribution in [2.24, 2.45) is 0 Å². The molecule has 3 rings (SSSR count). The second-order valence-corrected chi connectivity index (χ2v) is 4.98. The Bertz CT molecular complexity index is 749. The quantitative estimate of drug-likeness (QED) is 0.803. The van der Waals surface area contributed by atoms with Crippen molar-refractivity contribution < 1.29 is 9.53 Å². The summed E-state index contributed by atoms with van der Waals surface area (Å²) in [6.45, 7) is 1.88. The zero-order valence-electron chi connectivity index (χ0n) is 11.8. The number of esters is 1. The summed E-state index contributed by atoms with van der Waals surface area (Å²) in [5.41, 5.74) is 3.73. The molecule has 108 valence electrons. The standard InChI is InChI=1S/C16H16N2O3/c1-2-21-15(20)10-18-14(19)9-12-8-7-11-5-3-4-6-13(11)16(12)17-18/h3-6,9H,2,7-8,10H2,1H3. The second kappa shape index (κ2) is 5.52. The van der Waals surface area contributed by atoms with Crippen molar-refractivity contribution in [2.75, 3.05) is 6.61 Å². The molecule has 1 heterocycles. The van der Waals surface area contributed by atoms with Gasteiger partial charge in [0.15, 0.2) is 0 Å². The van der Waals surface area contributed by atoms with Crippen LogP contribution in [0.25, 0.3) is 11.3 Å². The highest BCUT2D eigenvalue weighted by molar-refractivity contribution is 5.70. The molecule has 0 unspecified atom stereocenters. The van der Waals surface area contributed by atoms with Crippen molar-refractivity contribution in [3.63, 3.8) is 0 Å². The number of aryl methyl sites for hydroxylation is 2. The Hall–Kier alpha value is -2.43. The van der Waals surface area contributed by atoms with E-state index in [9.17, 15) is 9.59 Å². The van der Waals surface area contributed by atoms with Crippen molar-refractivity contribution in [1.82, 2.24) is 9.78 Å². The van der Waals surface area contributed by atoms with Gasteiger partial charge in [-0.1, -0.05) is 24.3 Å². The highest BCUT2D eigenvalue weighted by Gasteiger charge is 2.19. The number of aromatic nitrogens is 2. The largest absolute Gasteiger partial charge is 0.465 e. The van der Waals surface area contributed by atoms with E-state index in [4.69, 9.17) is 4.74 Å². The van der Waals surface area contributed by atoms with E-state index in [-0.39, 0.29) is 12.1 Å². The van der Waals surface area contributed by atoms with Crippen molar-refractivity contribution >= 4 is 5.97 Å².